The maximum atomic E-state index is 12.5. The summed E-state index contributed by atoms with van der Waals surface area (Å²) in [5, 5.41) is 24.5. The van der Waals surface area contributed by atoms with Crippen LogP contribution in [0.1, 0.15) is 42.3 Å². The zero-order chi connectivity index (χ0) is 38.5. The number of benzene rings is 2. The minimum Gasteiger partial charge on any atom is -0.490 e. The van der Waals surface area contributed by atoms with E-state index in [2.05, 4.69) is 20.9 Å². The van der Waals surface area contributed by atoms with Crippen molar-refractivity contribution in [1.29, 1.82) is 0 Å². The van der Waals surface area contributed by atoms with Crippen molar-refractivity contribution in [2.45, 2.75) is 52.1 Å². The third kappa shape index (κ3) is 12.1. The van der Waals surface area contributed by atoms with Crippen molar-refractivity contribution in [3.63, 3.8) is 0 Å². The van der Waals surface area contributed by atoms with Crippen molar-refractivity contribution in [2.75, 3.05) is 25.1 Å². The molecule has 0 aliphatic carbocycles. The molecule has 1 atom stereocenters. The number of carbonyl (C=O) groups is 4. The molecule has 0 radical (unpaired) electrons. The van der Waals surface area contributed by atoms with Gasteiger partial charge in [0.2, 0.25) is 5.91 Å². The van der Waals surface area contributed by atoms with Gasteiger partial charge in [-0.1, -0.05) is 31.2 Å². The quantitative estimate of drug-likeness (QED) is 0.116. The molecule has 0 saturated carbocycles. The molecule has 51 heavy (non-hydrogen) atoms. The van der Waals surface area contributed by atoms with E-state index in [1.165, 1.54) is 6.20 Å². The summed E-state index contributed by atoms with van der Waals surface area (Å²) in [6.07, 6.45) is -4.18. The van der Waals surface area contributed by atoms with Crippen LogP contribution < -0.4 is 31.2 Å². The zero-order valence-corrected chi connectivity index (χ0v) is 27.4. The number of fused-ring (bicyclic) bond motifs is 1. The van der Waals surface area contributed by atoms with Gasteiger partial charge in [-0.05, 0) is 43.5 Å². The topological polar surface area (TPSA) is 202 Å². The SMILES string of the molecule is CCOc1cc2ncc(C(N)=O)c(Nc3cccc(CNC(=O)[C@@H]4C=CCN4)c3CC)c2cc1OCC.O=C(O)C(F)(F)F.O=C(O)C(F)(F)F. The summed E-state index contributed by atoms with van der Waals surface area (Å²) in [6.45, 7) is 7.86. The lowest BCUT2D eigenvalue weighted by Crippen LogP contribution is -2.40. The predicted octanol–water partition coefficient (Wildman–Crippen LogP) is 4.85. The number of primary amides is 1. The molecule has 3 aromatic rings. The number of nitrogens with two attached hydrogens (primary N) is 1. The molecule has 7 N–H and O–H groups in total. The Hall–Kier alpha value is -5.59. The number of aliphatic carboxylic acids is 2. The first-order valence-electron chi connectivity index (χ1n) is 15.0. The van der Waals surface area contributed by atoms with Gasteiger partial charge < -0.3 is 36.1 Å². The van der Waals surface area contributed by atoms with Crippen LogP contribution in [0.3, 0.4) is 0 Å². The number of carbonyl (C=O) groups excluding carboxylic acids is 2. The van der Waals surface area contributed by atoms with Gasteiger partial charge in [0.05, 0.1) is 30.0 Å². The molecular weight excluding hydrogens is 696 g/mol. The van der Waals surface area contributed by atoms with E-state index < -0.39 is 30.2 Å². The Morgan fingerprint density at radius 1 is 0.961 bits per heavy atom. The number of alkyl halides is 6. The van der Waals surface area contributed by atoms with Crippen molar-refractivity contribution in [2.24, 2.45) is 5.73 Å². The summed E-state index contributed by atoms with van der Waals surface area (Å²) < 4.78 is 75.0. The number of carboxylic acids is 2. The standard InChI is InChI=1S/C28H33N5O4.2C2HF3O2/c1-4-18-17(15-32-28(35)22-11-8-12-30-22)9-7-10-21(18)33-26-19-13-24(36-5-2)25(37-6-3)14-23(19)31-16-20(26)27(29)34;2*3-2(4,5)1(6)7/h7-11,13-14,16,22,30H,4-6,12,15H2,1-3H3,(H2,29,34)(H,31,33)(H,32,35);2*(H,6,7)/t22-;;/m0../s1. The van der Waals surface area contributed by atoms with Gasteiger partial charge in [-0.2, -0.15) is 26.3 Å². The van der Waals surface area contributed by atoms with Crippen LogP contribution >= 0.6 is 0 Å². The van der Waals surface area contributed by atoms with E-state index in [1.807, 2.05) is 57.2 Å². The summed E-state index contributed by atoms with van der Waals surface area (Å²) in [5.74, 6) is -5.04. The van der Waals surface area contributed by atoms with E-state index in [9.17, 15) is 35.9 Å². The molecule has 2 aromatic carbocycles. The van der Waals surface area contributed by atoms with E-state index in [1.54, 1.807) is 6.07 Å². The summed E-state index contributed by atoms with van der Waals surface area (Å²) in [7, 11) is 0. The highest BCUT2D eigenvalue weighted by molar-refractivity contribution is 6.08. The van der Waals surface area contributed by atoms with Gasteiger partial charge in [0.15, 0.2) is 11.5 Å². The minimum absolute atomic E-state index is 0.0705. The van der Waals surface area contributed by atoms with Crippen molar-refractivity contribution < 1.29 is 65.2 Å². The Bertz CT molecular complexity index is 1720. The summed E-state index contributed by atoms with van der Waals surface area (Å²) in [6, 6.07) is 9.17. The van der Waals surface area contributed by atoms with Gasteiger partial charge >= 0.3 is 24.3 Å². The number of amides is 2. The third-order valence-electron chi connectivity index (χ3n) is 6.69. The summed E-state index contributed by atoms with van der Waals surface area (Å²) in [5.41, 5.74) is 10.00. The van der Waals surface area contributed by atoms with Crippen LogP contribution in [-0.2, 0) is 27.3 Å². The highest BCUT2D eigenvalue weighted by Crippen LogP contribution is 2.38. The van der Waals surface area contributed by atoms with Crippen LogP contribution in [0.5, 0.6) is 11.5 Å². The molecule has 0 spiro atoms. The van der Waals surface area contributed by atoms with E-state index in [0.717, 1.165) is 16.8 Å². The largest absolute Gasteiger partial charge is 0.490 e. The molecule has 13 nitrogen and oxygen atoms in total. The number of ether oxygens (including phenoxy) is 2. The predicted molar refractivity (Wildman–Crippen MR) is 172 cm³/mol. The van der Waals surface area contributed by atoms with Gasteiger partial charge in [0.1, 0.15) is 6.04 Å². The number of halogens is 6. The van der Waals surface area contributed by atoms with E-state index >= 15 is 0 Å². The second-order valence-electron chi connectivity index (χ2n) is 10.2. The van der Waals surface area contributed by atoms with Crippen LogP contribution in [0.2, 0.25) is 0 Å². The smallest absolute Gasteiger partial charge is 0.490 e. The summed E-state index contributed by atoms with van der Waals surface area (Å²) >= 11 is 0. The fourth-order valence-electron chi connectivity index (χ4n) is 4.47. The maximum absolute atomic E-state index is 12.5. The molecule has 1 aromatic heterocycles. The molecule has 0 saturated heterocycles. The molecule has 19 heteroatoms. The first-order chi connectivity index (χ1) is 23.8. The number of nitrogens with zero attached hydrogens (tertiary/aromatic N) is 1. The number of rotatable bonds is 11. The highest BCUT2D eigenvalue weighted by Gasteiger charge is 2.39. The molecule has 1 aliphatic rings. The van der Waals surface area contributed by atoms with Crippen molar-refractivity contribution in [3.05, 3.63) is 65.4 Å². The lowest BCUT2D eigenvalue weighted by atomic mass is 10.0. The molecule has 2 amide bonds. The molecule has 0 unspecified atom stereocenters. The Kier molecular flexibility index (Phi) is 15.0. The van der Waals surface area contributed by atoms with E-state index in [4.69, 9.17) is 35.0 Å². The summed E-state index contributed by atoms with van der Waals surface area (Å²) in [4.78, 5) is 47.1. The number of anilines is 2. The maximum Gasteiger partial charge on any atom is 0.490 e. The van der Waals surface area contributed by atoms with Crippen LogP contribution in [0.15, 0.2) is 48.7 Å². The Balaban J connectivity index is 0.000000543. The molecule has 2 heterocycles. The van der Waals surface area contributed by atoms with Crippen molar-refractivity contribution in [3.8, 4) is 11.5 Å². The molecule has 0 bridgehead atoms. The monoisotopic (exact) mass is 731 g/mol. The second-order valence-corrected chi connectivity index (χ2v) is 10.2. The highest BCUT2D eigenvalue weighted by atomic mass is 19.4. The zero-order valence-electron chi connectivity index (χ0n) is 27.4. The third-order valence-corrected chi connectivity index (χ3v) is 6.69. The number of hydrogen-bond acceptors (Lipinski definition) is 9. The molecule has 0 fully saturated rings. The Labute approximate surface area is 286 Å². The fourth-order valence-corrected chi connectivity index (χ4v) is 4.47. The van der Waals surface area contributed by atoms with Crippen LogP contribution in [0.4, 0.5) is 37.7 Å². The normalized spacial score (nSPS) is 13.6. The van der Waals surface area contributed by atoms with Crippen LogP contribution in [0.25, 0.3) is 10.9 Å². The number of nitrogens with one attached hydrogen (secondary N) is 3. The molecule has 1 aliphatic heterocycles. The second kappa shape index (κ2) is 18.4. The molecular formula is C32H35F6N5O8. The fraction of sp³-hybridized carbons (Fsp3) is 0.344. The van der Waals surface area contributed by atoms with Gasteiger partial charge in [0.25, 0.3) is 5.91 Å². The average Bonchev–Trinajstić information content (AvgIpc) is 3.59. The average molecular weight is 732 g/mol. The Morgan fingerprint density at radius 3 is 2.00 bits per heavy atom. The van der Waals surface area contributed by atoms with E-state index in [-0.39, 0.29) is 17.5 Å². The first-order valence-corrected chi connectivity index (χ1v) is 15.0. The van der Waals surface area contributed by atoms with Gasteiger partial charge in [-0.25, -0.2) is 9.59 Å². The van der Waals surface area contributed by atoms with Crippen molar-refractivity contribution in [1.82, 2.24) is 15.6 Å². The molecule has 4 rings (SSSR count). The molecule has 278 valence electrons. The van der Waals surface area contributed by atoms with Crippen LogP contribution in [0, 0.1) is 0 Å². The number of pyridine rings is 1. The van der Waals surface area contributed by atoms with E-state index in [0.29, 0.717) is 60.8 Å². The van der Waals surface area contributed by atoms with Crippen molar-refractivity contribution >= 4 is 46.0 Å². The lowest BCUT2D eigenvalue weighted by molar-refractivity contribution is -0.193. The lowest BCUT2D eigenvalue weighted by Gasteiger charge is -2.20. The first kappa shape index (κ1) is 41.6. The van der Waals surface area contributed by atoms with Gasteiger partial charge in [0, 0.05) is 36.4 Å². The van der Waals surface area contributed by atoms with Gasteiger partial charge in [-0.3, -0.25) is 19.9 Å². The number of hydrogen-bond donors (Lipinski definition) is 6. The van der Waals surface area contributed by atoms with Crippen LogP contribution in [-0.4, -0.2) is 77.1 Å². The number of carboxylic acid groups (broad SMARTS) is 2. The Morgan fingerprint density at radius 2 is 1.53 bits per heavy atom. The van der Waals surface area contributed by atoms with Gasteiger partial charge in [-0.15, -0.1) is 0 Å². The minimum atomic E-state index is -5.08. The number of aromatic nitrogens is 1.